The molecule has 3 rings (SSSR count). The molecule has 0 radical (unpaired) electrons. The second kappa shape index (κ2) is 8.19. The minimum absolute atomic E-state index is 0.766. The highest BCUT2D eigenvalue weighted by Crippen LogP contribution is 2.32. The number of rotatable bonds is 5. The monoisotopic (exact) mass is 355 g/mol. The zero-order chi connectivity index (χ0) is 18.5. The number of morpholine rings is 1. The van der Waals surface area contributed by atoms with Crippen molar-refractivity contribution in [3.05, 3.63) is 48.3 Å². The molecule has 1 aliphatic heterocycles. The molecule has 1 aromatic carbocycles. The molecule has 0 bridgehead atoms. The summed E-state index contributed by atoms with van der Waals surface area (Å²) in [4.78, 5) is 2.31. The molecule has 1 saturated heterocycles. The number of hydrazone groups is 1. The lowest BCUT2D eigenvalue weighted by Gasteiger charge is -2.29. The molecular formula is C20H27N4O2+. The largest absolute Gasteiger partial charge is 0.494 e. The second-order valence-electron chi connectivity index (χ2n) is 6.42. The Hall–Kier alpha value is -2.60. The summed E-state index contributed by atoms with van der Waals surface area (Å²) < 4.78 is 13.1. The highest BCUT2D eigenvalue weighted by Gasteiger charge is 2.15. The van der Waals surface area contributed by atoms with Gasteiger partial charge in [-0.25, -0.2) is 4.57 Å². The molecule has 2 heterocycles. The van der Waals surface area contributed by atoms with Crippen molar-refractivity contribution in [2.45, 2.75) is 6.92 Å². The van der Waals surface area contributed by atoms with Gasteiger partial charge < -0.3 is 14.4 Å². The van der Waals surface area contributed by atoms with Crippen molar-refractivity contribution in [2.75, 3.05) is 50.4 Å². The number of hydrogen-bond donors (Lipinski definition) is 0. The van der Waals surface area contributed by atoms with E-state index in [1.165, 1.54) is 0 Å². The van der Waals surface area contributed by atoms with E-state index in [9.17, 15) is 0 Å². The number of aromatic nitrogens is 1. The average Bonchev–Trinajstić information content (AvgIpc) is 2.68. The molecule has 1 aliphatic rings. The Bertz CT molecular complexity index is 768. The lowest BCUT2D eigenvalue weighted by atomic mass is 10.2. The van der Waals surface area contributed by atoms with Gasteiger partial charge in [0.15, 0.2) is 12.4 Å². The number of methoxy groups -OCH3 is 1. The van der Waals surface area contributed by atoms with E-state index in [0.717, 1.165) is 54.7 Å². The molecule has 0 unspecified atom stereocenters. The van der Waals surface area contributed by atoms with Gasteiger partial charge in [-0.3, -0.25) is 5.01 Å². The second-order valence-corrected chi connectivity index (χ2v) is 6.42. The summed E-state index contributed by atoms with van der Waals surface area (Å²) in [5.41, 5.74) is 4.13. The van der Waals surface area contributed by atoms with Crippen LogP contribution in [-0.4, -0.2) is 46.2 Å². The molecule has 0 saturated carbocycles. The Morgan fingerprint density at radius 2 is 1.88 bits per heavy atom. The first-order valence-corrected chi connectivity index (χ1v) is 8.84. The smallest absolute Gasteiger partial charge is 0.169 e. The maximum atomic E-state index is 5.63. The van der Waals surface area contributed by atoms with Crippen LogP contribution in [0, 0.1) is 0 Å². The van der Waals surface area contributed by atoms with Gasteiger partial charge in [0.1, 0.15) is 18.5 Å². The zero-order valence-electron chi connectivity index (χ0n) is 16.0. The summed E-state index contributed by atoms with van der Waals surface area (Å²) >= 11 is 0. The van der Waals surface area contributed by atoms with Crippen molar-refractivity contribution in [2.24, 2.45) is 12.1 Å². The van der Waals surface area contributed by atoms with Crippen LogP contribution in [0.5, 0.6) is 5.75 Å². The van der Waals surface area contributed by atoms with Crippen molar-refractivity contribution in [1.29, 1.82) is 0 Å². The Balaban J connectivity index is 1.82. The number of pyridine rings is 1. The quantitative estimate of drug-likeness (QED) is 0.468. The molecule has 138 valence electrons. The van der Waals surface area contributed by atoms with E-state index in [0.29, 0.717) is 0 Å². The van der Waals surface area contributed by atoms with Crippen LogP contribution in [0.25, 0.3) is 0 Å². The molecule has 0 spiro atoms. The van der Waals surface area contributed by atoms with Crippen LogP contribution in [0.1, 0.15) is 12.5 Å². The van der Waals surface area contributed by atoms with Crippen LogP contribution < -0.4 is 19.2 Å². The van der Waals surface area contributed by atoms with Gasteiger partial charge in [0.2, 0.25) is 0 Å². The lowest BCUT2D eigenvalue weighted by Crippen LogP contribution is -2.36. The lowest BCUT2D eigenvalue weighted by molar-refractivity contribution is -0.671. The summed E-state index contributed by atoms with van der Waals surface area (Å²) in [5, 5.41) is 6.59. The van der Waals surface area contributed by atoms with E-state index < -0.39 is 0 Å². The minimum atomic E-state index is 0.766. The Kier molecular flexibility index (Phi) is 5.73. The van der Waals surface area contributed by atoms with Gasteiger partial charge in [0.05, 0.1) is 26.0 Å². The first-order valence-electron chi connectivity index (χ1n) is 8.84. The van der Waals surface area contributed by atoms with Gasteiger partial charge in [-0.1, -0.05) is 0 Å². The molecule has 0 amide bonds. The topological polar surface area (TPSA) is 41.2 Å². The molecule has 1 fully saturated rings. The molecule has 6 nitrogen and oxygen atoms in total. The molecule has 0 N–H and O–H groups in total. The number of hydrogen-bond acceptors (Lipinski definition) is 5. The summed E-state index contributed by atoms with van der Waals surface area (Å²) in [6.07, 6.45) is 4.04. The third kappa shape index (κ3) is 4.14. The van der Waals surface area contributed by atoms with E-state index in [-0.39, 0.29) is 0 Å². The van der Waals surface area contributed by atoms with Crippen molar-refractivity contribution in [3.8, 4) is 5.75 Å². The van der Waals surface area contributed by atoms with Crippen molar-refractivity contribution < 1.29 is 14.0 Å². The summed E-state index contributed by atoms with van der Waals surface area (Å²) in [6, 6.07) is 10.4. The van der Waals surface area contributed by atoms with Crippen LogP contribution in [0.3, 0.4) is 0 Å². The average molecular weight is 355 g/mol. The summed E-state index contributed by atoms with van der Waals surface area (Å²) in [5.74, 6) is 0.813. The van der Waals surface area contributed by atoms with Crippen molar-refractivity contribution in [3.63, 3.8) is 0 Å². The van der Waals surface area contributed by atoms with Gasteiger partial charge in [0, 0.05) is 49.6 Å². The number of aryl methyl sites for hydroxylation is 1. The zero-order valence-corrected chi connectivity index (χ0v) is 16.0. The summed E-state index contributed by atoms with van der Waals surface area (Å²) in [7, 11) is 5.64. The number of nitrogens with zero attached hydrogens (tertiary/aromatic N) is 4. The van der Waals surface area contributed by atoms with Gasteiger partial charge in [-0.15, -0.1) is 0 Å². The molecule has 26 heavy (non-hydrogen) atoms. The van der Waals surface area contributed by atoms with Gasteiger partial charge in [0.25, 0.3) is 0 Å². The van der Waals surface area contributed by atoms with Crippen LogP contribution in [0.2, 0.25) is 0 Å². The first kappa shape index (κ1) is 18.2. The Morgan fingerprint density at radius 3 is 2.54 bits per heavy atom. The molecule has 1 aromatic heterocycles. The Labute approximate surface area is 155 Å². The fourth-order valence-electron chi connectivity index (χ4n) is 3.03. The normalized spacial score (nSPS) is 15.1. The minimum Gasteiger partial charge on any atom is -0.494 e. The standard InChI is InChI=1S/C20H27N4O2/c1-16(17-7-9-22(2)10-8-17)21-23(3)19-6-5-18(15-20(19)25-4)24-11-13-26-14-12-24/h5-10,15H,11-14H2,1-4H3/q+1. The maximum Gasteiger partial charge on any atom is 0.169 e. The van der Waals surface area contributed by atoms with E-state index in [4.69, 9.17) is 14.6 Å². The molecule has 0 atom stereocenters. The van der Waals surface area contributed by atoms with E-state index >= 15 is 0 Å². The molecular weight excluding hydrogens is 328 g/mol. The number of anilines is 2. The van der Waals surface area contributed by atoms with Crippen molar-refractivity contribution >= 4 is 17.1 Å². The molecule has 6 heteroatoms. The van der Waals surface area contributed by atoms with Crippen LogP contribution in [-0.2, 0) is 11.8 Å². The third-order valence-electron chi connectivity index (χ3n) is 4.58. The van der Waals surface area contributed by atoms with E-state index in [2.05, 4.69) is 35.2 Å². The predicted octanol–water partition coefficient (Wildman–Crippen LogP) is 2.22. The number of ether oxygens (including phenoxy) is 2. The first-order chi connectivity index (χ1) is 12.6. The van der Waals surface area contributed by atoms with E-state index in [1.807, 2.05) is 43.0 Å². The summed E-state index contributed by atoms with van der Waals surface area (Å²) in [6.45, 7) is 5.35. The van der Waals surface area contributed by atoms with Crippen LogP contribution in [0.4, 0.5) is 11.4 Å². The SMILES string of the molecule is COc1cc(N2CCOCC2)ccc1N(C)N=C(C)c1cc[n+](C)cc1. The fourth-order valence-corrected chi connectivity index (χ4v) is 3.03. The van der Waals surface area contributed by atoms with Crippen molar-refractivity contribution in [1.82, 2.24) is 0 Å². The van der Waals surface area contributed by atoms with Crippen LogP contribution >= 0.6 is 0 Å². The highest BCUT2D eigenvalue weighted by atomic mass is 16.5. The van der Waals surface area contributed by atoms with Gasteiger partial charge in [-0.05, 0) is 19.1 Å². The fraction of sp³-hybridized carbons (Fsp3) is 0.400. The Morgan fingerprint density at radius 1 is 1.19 bits per heavy atom. The molecule has 0 aliphatic carbocycles. The molecule has 2 aromatic rings. The maximum absolute atomic E-state index is 5.63. The third-order valence-corrected chi connectivity index (χ3v) is 4.58. The van der Waals surface area contributed by atoms with Gasteiger partial charge >= 0.3 is 0 Å². The highest BCUT2D eigenvalue weighted by molar-refractivity contribution is 5.99. The van der Waals surface area contributed by atoms with Gasteiger partial charge in [-0.2, -0.15) is 5.10 Å². The van der Waals surface area contributed by atoms with E-state index in [1.54, 1.807) is 7.11 Å². The number of benzene rings is 1. The predicted molar refractivity (Wildman–Crippen MR) is 104 cm³/mol. The van der Waals surface area contributed by atoms with Crippen LogP contribution in [0.15, 0.2) is 47.8 Å².